The summed E-state index contributed by atoms with van der Waals surface area (Å²) in [6.45, 7) is 5.88. The first-order valence-corrected chi connectivity index (χ1v) is 5.83. The summed E-state index contributed by atoms with van der Waals surface area (Å²) < 4.78 is 9.63. The first-order chi connectivity index (χ1) is 8.17. The van der Waals surface area contributed by atoms with Gasteiger partial charge in [-0.05, 0) is 20.3 Å². The zero-order valence-electron chi connectivity index (χ0n) is 10.6. The maximum Gasteiger partial charge on any atom is 0.324 e. The Labute approximate surface area is 102 Å². The van der Waals surface area contributed by atoms with Crippen molar-refractivity contribution in [3.05, 3.63) is 24.3 Å². The Bertz CT molecular complexity index is 274. The van der Waals surface area contributed by atoms with Gasteiger partial charge in [-0.3, -0.25) is 9.59 Å². The van der Waals surface area contributed by atoms with Crippen molar-refractivity contribution < 1.29 is 19.1 Å². The number of esters is 2. The molecule has 0 amide bonds. The van der Waals surface area contributed by atoms with Gasteiger partial charge in [0, 0.05) is 0 Å². The predicted octanol–water partition coefficient (Wildman–Crippen LogP) is 2.25. The molecule has 4 nitrogen and oxygen atoms in total. The van der Waals surface area contributed by atoms with E-state index in [-0.39, 0.29) is 13.2 Å². The van der Waals surface area contributed by atoms with Gasteiger partial charge < -0.3 is 9.47 Å². The molecule has 0 spiro atoms. The van der Waals surface area contributed by atoms with E-state index in [1.54, 1.807) is 26.0 Å². The number of rotatable bonds is 7. The minimum absolute atomic E-state index is 0.243. The fourth-order valence-electron chi connectivity index (χ4n) is 1.11. The molecule has 0 aliphatic rings. The van der Waals surface area contributed by atoms with Crippen LogP contribution in [-0.2, 0) is 19.1 Å². The summed E-state index contributed by atoms with van der Waals surface area (Å²) in [5, 5.41) is 0. The van der Waals surface area contributed by atoms with Crippen molar-refractivity contribution in [3.63, 3.8) is 0 Å². The van der Waals surface area contributed by atoms with E-state index in [1.807, 2.05) is 13.0 Å². The molecule has 0 unspecified atom stereocenters. The molecule has 0 radical (unpaired) electrons. The second-order valence-corrected chi connectivity index (χ2v) is 3.20. The summed E-state index contributed by atoms with van der Waals surface area (Å²) in [6, 6.07) is 0. The maximum atomic E-state index is 11.5. The quantitative estimate of drug-likeness (QED) is 0.389. The molecule has 0 fully saturated rings. The summed E-state index contributed by atoms with van der Waals surface area (Å²) >= 11 is 0. The van der Waals surface area contributed by atoms with Crippen molar-refractivity contribution in [1.29, 1.82) is 0 Å². The lowest BCUT2D eigenvalue weighted by atomic mass is 10.1. The molecule has 4 heteroatoms. The van der Waals surface area contributed by atoms with Gasteiger partial charge >= 0.3 is 11.9 Å². The number of carbonyl (C=O) groups excluding carboxylic acids is 2. The van der Waals surface area contributed by atoms with E-state index in [4.69, 9.17) is 9.47 Å². The topological polar surface area (TPSA) is 52.6 Å². The van der Waals surface area contributed by atoms with Crippen molar-refractivity contribution in [2.45, 2.75) is 27.2 Å². The van der Waals surface area contributed by atoms with Crippen molar-refractivity contribution >= 4 is 11.9 Å². The van der Waals surface area contributed by atoms with Crippen molar-refractivity contribution in [2.75, 3.05) is 13.2 Å². The zero-order valence-corrected chi connectivity index (χ0v) is 10.6. The largest absolute Gasteiger partial charge is 0.465 e. The fraction of sp³-hybridized carbons (Fsp3) is 0.538. The van der Waals surface area contributed by atoms with Crippen LogP contribution in [0.25, 0.3) is 0 Å². The van der Waals surface area contributed by atoms with Gasteiger partial charge in [0.1, 0.15) is 0 Å². The SMILES string of the molecule is CCC=CC=CC(C(=O)OCC)C(=O)OCC. The second-order valence-electron chi connectivity index (χ2n) is 3.20. The molecule has 0 heterocycles. The van der Waals surface area contributed by atoms with Crippen molar-refractivity contribution in [3.8, 4) is 0 Å². The molecule has 0 aliphatic carbocycles. The molecule has 17 heavy (non-hydrogen) atoms. The summed E-state index contributed by atoms with van der Waals surface area (Å²) in [7, 11) is 0. The number of hydrogen-bond acceptors (Lipinski definition) is 4. The zero-order chi connectivity index (χ0) is 13.1. The minimum atomic E-state index is -0.976. The highest BCUT2D eigenvalue weighted by Crippen LogP contribution is 2.06. The van der Waals surface area contributed by atoms with Crippen molar-refractivity contribution in [1.82, 2.24) is 0 Å². The molecule has 0 bridgehead atoms. The van der Waals surface area contributed by atoms with E-state index in [0.717, 1.165) is 6.42 Å². The van der Waals surface area contributed by atoms with Crippen LogP contribution in [0.1, 0.15) is 27.2 Å². The highest BCUT2D eigenvalue weighted by Gasteiger charge is 2.26. The first-order valence-electron chi connectivity index (χ1n) is 5.83. The molecule has 0 atom stereocenters. The monoisotopic (exact) mass is 240 g/mol. The van der Waals surface area contributed by atoms with Crippen LogP contribution in [0.4, 0.5) is 0 Å². The molecule has 0 saturated carbocycles. The van der Waals surface area contributed by atoms with E-state index in [2.05, 4.69) is 0 Å². The Hall–Kier alpha value is -1.58. The lowest BCUT2D eigenvalue weighted by Gasteiger charge is -2.10. The summed E-state index contributed by atoms with van der Waals surface area (Å²) in [6.07, 6.45) is 7.74. The lowest BCUT2D eigenvalue weighted by Crippen LogP contribution is -2.26. The normalized spacial score (nSPS) is 11.3. The van der Waals surface area contributed by atoms with Crippen LogP contribution >= 0.6 is 0 Å². The van der Waals surface area contributed by atoms with Crippen LogP contribution in [0.2, 0.25) is 0 Å². The molecule has 0 aromatic heterocycles. The van der Waals surface area contributed by atoms with Crippen LogP contribution < -0.4 is 0 Å². The fourth-order valence-corrected chi connectivity index (χ4v) is 1.11. The van der Waals surface area contributed by atoms with Gasteiger partial charge in [0.2, 0.25) is 0 Å². The van der Waals surface area contributed by atoms with Gasteiger partial charge in [0.15, 0.2) is 5.92 Å². The number of hydrogen-bond donors (Lipinski definition) is 0. The van der Waals surface area contributed by atoms with Gasteiger partial charge in [0.05, 0.1) is 13.2 Å². The minimum Gasteiger partial charge on any atom is -0.465 e. The van der Waals surface area contributed by atoms with Gasteiger partial charge in [-0.2, -0.15) is 0 Å². The highest BCUT2D eigenvalue weighted by atomic mass is 16.6. The molecular formula is C13H20O4. The first kappa shape index (κ1) is 15.4. The Morgan fingerprint density at radius 3 is 1.94 bits per heavy atom. The third-order valence-corrected chi connectivity index (χ3v) is 1.87. The Kier molecular flexibility index (Phi) is 8.74. The van der Waals surface area contributed by atoms with Crippen LogP contribution in [0.15, 0.2) is 24.3 Å². The smallest absolute Gasteiger partial charge is 0.324 e. The molecule has 0 aromatic rings. The summed E-state index contributed by atoms with van der Waals surface area (Å²) in [4.78, 5) is 23.0. The molecule has 0 saturated heterocycles. The van der Waals surface area contributed by atoms with Crippen LogP contribution in [0.3, 0.4) is 0 Å². The van der Waals surface area contributed by atoms with Gasteiger partial charge in [-0.1, -0.05) is 31.2 Å². The van der Waals surface area contributed by atoms with Crippen LogP contribution in [0.5, 0.6) is 0 Å². The Balaban J connectivity index is 4.60. The average Bonchev–Trinajstić information content (AvgIpc) is 2.29. The second kappa shape index (κ2) is 9.63. The van der Waals surface area contributed by atoms with E-state index in [9.17, 15) is 9.59 Å². The van der Waals surface area contributed by atoms with E-state index >= 15 is 0 Å². The Morgan fingerprint density at radius 1 is 1.00 bits per heavy atom. The van der Waals surface area contributed by atoms with E-state index < -0.39 is 17.9 Å². The number of ether oxygens (including phenoxy) is 2. The molecule has 0 rings (SSSR count). The molecule has 0 aromatic carbocycles. The molecule has 96 valence electrons. The highest BCUT2D eigenvalue weighted by molar-refractivity contribution is 5.97. The third kappa shape index (κ3) is 6.56. The van der Waals surface area contributed by atoms with Crippen LogP contribution in [-0.4, -0.2) is 25.2 Å². The third-order valence-electron chi connectivity index (χ3n) is 1.87. The standard InChI is InChI=1S/C13H20O4/c1-4-7-8-9-10-11(12(14)16-5-2)13(15)17-6-3/h7-11H,4-6H2,1-3H3. The predicted molar refractivity (Wildman–Crippen MR) is 65.3 cm³/mol. The van der Waals surface area contributed by atoms with Crippen LogP contribution in [0, 0.1) is 5.92 Å². The number of carbonyl (C=O) groups is 2. The van der Waals surface area contributed by atoms with Gasteiger partial charge in [-0.15, -0.1) is 0 Å². The summed E-state index contributed by atoms with van der Waals surface area (Å²) in [5.41, 5.74) is 0. The molecule has 0 aliphatic heterocycles. The lowest BCUT2D eigenvalue weighted by molar-refractivity contribution is -0.158. The molecule has 0 N–H and O–H groups in total. The van der Waals surface area contributed by atoms with Gasteiger partial charge in [0.25, 0.3) is 0 Å². The van der Waals surface area contributed by atoms with Gasteiger partial charge in [-0.25, -0.2) is 0 Å². The average molecular weight is 240 g/mol. The molecular weight excluding hydrogens is 220 g/mol. The Morgan fingerprint density at radius 2 is 1.53 bits per heavy atom. The summed E-state index contributed by atoms with van der Waals surface area (Å²) in [5.74, 6) is -2.13. The van der Waals surface area contributed by atoms with Crippen molar-refractivity contribution in [2.24, 2.45) is 5.92 Å². The maximum absolute atomic E-state index is 11.5. The van der Waals surface area contributed by atoms with E-state index in [0.29, 0.717) is 0 Å². The van der Waals surface area contributed by atoms with E-state index in [1.165, 1.54) is 6.08 Å². The number of allylic oxidation sites excluding steroid dienone is 3.